The minimum absolute atomic E-state index is 0.187. The van der Waals surface area contributed by atoms with Crippen molar-refractivity contribution in [2.45, 2.75) is 58.8 Å². The predicted molar refractivity (Wildman–Crippen MR) is 104 cm³/mol. The monoisotopic (exact) mass is 374 g/mol. The van der Waals surface area contributed by atoms with Gasteiger partial charge in [-0.1, -0.05) is 53.7 Å². The van der Waals surface area contributed by atoms with E-state index in [1.165, 1.54) is 14.1 Å². The first-order valence-electron chi connectivity index (χ1n) is 9.12. The van der Waals surface area contributed by atoms with E-state index < -0.39 is 23.8 Å². The highest BCUT2D eigenvalue weighted by Gasteiger charge is 2.42. The van der Waals surface area contributed by atoms with Crippen molar-refractivity contribution in [3.63, 3.8) is 0 Å². The number of imide groups is 2. The summed E-state index contributed by atoms with van der Waals surface area (Å²) in [7, 11) is 2.77. The predicted octanol–water partition coefficient (Wildman–Crippen LogP) is 3.20. The van der Waals surface area contributed by atoms with E-state index in [1.54, 1.807) is 0 Å². The number of phenols is 1. The van der Waals surface area contributed by atoms with Gasteiger partial charge in [-0.3, -0.25) is 19.4 Å². The van der Waals surface area contributed by atoms with Gasteiger partial charge in [-0.25, -0.2) is 4.79 Å². The number of phenolic OH excluding ortho intramolecular Hbond substituents is 1. The van der Waals surface area contributed by atoms with E-state index in [-0.39, 0.29) is 23.0 Å². The molecule has 1 aromatic rings. The Morgan fingerprint density at radius 2 is 1.22 bits per heavy atom. The molecule has 1 aliphatic rings. The van der Waals surface area contributed by atoms with Crippen LogP contribution < -0.4 is 0 Å². The lowest BCUT2D eigenvalue weighted by molar-refractivity contribution is -0.147. The van der Waals surface area contributed by atoms with Gasteiger partial charge in [-0.2, -0.15) is 0 Å². The van der Waals surface area contributed by atoms with Crippen LogP contribution in [-0.4, -0.2) is 46.8 Å². The molecule has 1 fully saturated rings. The fourth-order valence-corrected chi connectivity index (χ4v) is 3.35. The lowest BCUT2D eigenvalue weighted by Gasteiger charge is -2.33. The number of hydrogen-bond donors (Lipinski definition) is 1. The van der Waals surface area contributed by atoms with E-state index in [4.69, 9.17) is 0 Å². The van der Waals surface area contributed by atoms with Crippen LogP contribution in [0.5, 0.6) is 5.75 Å². The number of benzene rings is 1. The molecule has 0 atom stereocenters. The van der Waals surface area contributed by atoms with Crippen molar-refractivity contribution in [1.82, 2.24) is 9.80 Å². The molecule has 1 saturated heterocycles. The average Bonchev–Trinajstić information content (AvgIpc) is 2.54. The molecule has 1 N–H and O–H groups in total. The topological polar surface area (TPSA) is 77.9 Å². The maximum Gasteiger partial charge on any atom is 0.332 e. The third-order valence-corrected chi connectivity index (χ3v) is 5.06. The highest BCUT2D eigenvalue weighted by atomic mass is 16.3. The van der Waals surface area contributed by atoms with E-state index in [2.05, 4.69) is 0 Å². The van der Waals surface area contributed by atoms with E-state index in [9.17, 15) is 19.5 Å². The number of rotatable bonds is 2. The molecule has 148 valence electrons. The zero-order valence-electron chi connectivity index (χ0n) is 17.5. The van der Waals surface area contributed by atoms with Crippen LogP contribution >= 0.6 is 0 Å². The number of hydrogen-bond acceptors (Lipinski definition) is 4. The van der Waals surface area contributed by atoms with E-state index in [0.717, 1.165) is 26.5 Å². The van der Waals surface area contributed by atoms with E-state index in [1.807, 2.05) is 53.7 Å². The summed E-state index contributed by atoms with van der Waals surface area (Å²) in [6.45, 7) is 12.1. The molecular formula is C21H30N2O4. The minimum atomic E-state index is -0.942. The van der Waals surface area contributed by atoms with Gasteiger partial charge in [0, 0.05) is 14.1 Å². The smallest absolute Gasteiger partial charge is 0.332 e. The maximum atomic E-state index is 12.5. The average molecular weight is 374 g/mol. The highest BCUT2D eigenvalue weighted by molar-refractivity contribution is 6.15. The minimum Gasteiger partial charge on any atom is -0.507 e. The largest absolute Gasteiger partial charge is 0.507 e. The first kappa shape index (κ1) is 20.9. The van der Waals surface area contributed by atoms with Crippen molar-refractivity contribution >= 4 is 17.8 Å². The van der Waals surface area contributed by atoms with Gasteiger partial charge in [0.2, 0.25) is 11.8 Å². The van der Waals surface area contributed by atoms with Crippen LogP contribution in [0.2, 0.25) is 0 Å². The van der Waals surface area contributed by atoms with E-state index in [0.29, 0.717) is 0 Å². The molecule has 2 rings (SSSR count). The Morgan fingerprint density at radius 1 is 0.852 bits per heavy atom. The van der Waals surface area contributed by atoms with Crippen molar-refractivity contribution < 1.29 is 19.5 Å². The van der Waals surface area contributed by atoms with Crippen molar-refractivity contribution in [2.24, 2.45) is 5.92 Å². The van der Waals surface area contributed by atoms with Gasteiger partial charge >= 0.3 is 6.03 Å². The number of carbonyl (C=O) groups excluding carboxylic acids is 3. The first-order chi connectivity index (χ1) is 12.2. The molecule has 0 aliphatic carbocycles. The molecule has 4 amide bonds. The maximum absolute atomic E-state index is 12.5. The Morgan fingerprint density at radius 3 is 1.56 bits per heavy atom. The normalized spacial score (nSPS) is 17.1. The Bertz CT molecular complexity index is 740. The highest BCUT2D eigenvalue weighted by Crippen LogP contribution is 2.40. The van der Waals surface area contributed by atoms with Crippen LogP contribution in [0.4, 0.5) is 4.79 Å². The molecule has 0 bridgehead atoms. The van der Waals surface area contributed by atoms with Gasteiger partial charge in [-0.15, -0.1) is 0 Å². The van der Waals surface area contributed by atoms with Gasteiger partial charge < -0.3 is 5.11 Å². The van der Waals surface area contributed by atoms with Gasteiger partial charge in [0.05, 0.1) is 0 Å². The molecule has 0 aromatic heterocycles. The molecule has 1 aliphatic heterocycles. The molecule has 0 spiro atoms. The zero-order valence-corrected chi connectivity index (χ0v) is 17.5. The fourth-order valence-electron chi connectivity index (χ4n) is 3.35. The third-order valence-electron chi connectivity index (χ3n) is 5.06. The van der Waals surface area contributed by atoms with Crippen LogP contribution in [0.3, 0.4) is 0 Å². The van der Waals surface area contributed by atoms with Gasteiger partial charge in [0.25, 0.3) is 0 Å². The van der Waals surface area contributed by atoms with Crippen LogP contribution in [0.1, 0.15) is 58.2 Å². The number of barbiturate groups is 1. The second-order valence-corrected chi connectivity index (χ2v) is 9.37. The van der Waals surface area contributed by atoms with Crippen molar-refractivity contribution in [1.29, 1.82) is 0 Å². The third kappa shape index (κ3) is 3.84. The quantitative estimate of drug-likeness (QED) is 0.807. The second-order valence-electron chi connectivity index (χ2n) is 9.37. The lowest BCUT2D eigenvalue weighted by atomic mass is 9.77. The summed E-state index contributed by atoms with van der Waals surface area (Å²) >= 11 is 0. The fraction of sp³-hybridized carbons (Fsp3) is 0.571. The van der Waals surface area contributed by atoms with Gasteiger partial charge in [-0.05, 0) is 33.9 Å². The number of urea groups is 1. The number of aromatic hydroxyl groups is 1. The molecule has 6 nitrogen and oxygen atoms in total. The second kappa shape index (κ2) is 6.66. The molecule has 27 heavy (non-hydrogen) atoms. The SMILES string of the molecule is CN1C(=O)C(Cc2cc(C(C)(C)C)c(O)c(C(C)(C)C)c2)C(=O)N(C)C1=O. The standard InChI is InChI=1S/C21H30N2O4/c1-20(2,3)14-10-12(11-15(16(14)24)21(4,5)6)9-13-17(25)22(7)19(27)23(8)18(13)26/h10-11,13,24H,9H2,1-8H3. The van der Waals surface area contributed by atoms with Gasteiger partial charge in [0.1, 0.15) is 11.7 Å². The van der Waals surface area contributed by atoms with Crippen LogP contribution in [0.25, 0.3) is 0 Å². The van der Waals surface area contributed by atoms with Crippen molar-refractivity contribution in [2.75, 3.05) is 14.1 Å². The molecule has 0 unspecified atom stereocenters. The molecule has 1 aromatic carbocycles. The molecule has 0 saturated carbocycles. The first-order valence-corrected chi connectivity index (χ1v) is 9.12. The molecular weight excluding hydrogens is 344 g/mol. The van der Waals surface area contributed by atoms with E-state index >= 15 is 0 Å². The zero-order chi connectivity index (χ0) is 20.9. The molecule has 1 heterocycles. The Balaban J connectivity index is 2.54. The summed E-state index contributed by atoms with van der Waals surface area (Å²) in [5.74, 6) is -1.68. The summed E-state index contributed by atoms with van der Waals surface area (Å²) in [5.41, 5.74) is 1.75. The van der Waals surface area contributed by atoms with Crippen LogP contribution in [0, 0.1) is 5.92 Å². The van der Waals surface area contributed by atoms with Crippen LogP contribution in [0.15, 0.2) is 12.1 Å². The molecule has 0 radical (unpaired) electrons. The van der Waals surface area contributed by atoms with Crippen LogP contribution in [-0.2, 0) is 26.8 Å². The number of nitrogens with zero attached hydrogens (tertiary/aromatic N) is 2. The summed E-state index contributed by atoms with van der Waals surface area (Å²) < 4.78 is 0. The lowest BCUT2D eigenvalue weighted by Crippen LogP contribution is -2.57. The Kier molecular flexibility index (Phi) is 5.16. The molecule has 6 heteroatoms. The Labute approximate surface area is 161 Å². The van der Waals surface area contributed by atoms with Crippen molar-refractivity contribution in [3.05, 3.63) is 28.8 Å². The van der Waals surface area contributed by atoms with Gasteiger partial charge in [0.15, 0.2) is 0 Å². The number of amides is 4. The summed E-state index contributed by atoms with van der Waals surface area (Å²) in [6.07, 6.45) is 0.187. The summed E-state index contributed by atoms with van der Waals surface area (Å²) in [6, 6.07) is 3.11. The summed E-state index contributed by atoms with van der Waals surface area (Å²) in [4.78, 5) is 39.0. The number of carbonyl (C=O) groups is 3. The Hall–Kier alpha value is -2.37. The summed E-state index contributed by atoms with van der Waals surface area (Å²) in [5, 5.41) is 10.8. The van der Waals surface area contributed by atoms with Crippen molar-refractivity contribution in [3.8, 4) is 5.75 Å².